The van der Waals surface area contributed by atoms with E-state index in [2.05, 4.69) is 10.4 Å². The smallest absolute Gasteiger partial charge is 0.312 e. The van der Waals surface area contributed by atoms with Gasteiger partial charge >= 0.3 is 5.69 Å². The molecule has 18 heavy (non-hydrogen) atoms. The fraction of sp³-hybridized carbons (Fsp3) is 0.444. The van der Waals surface area contributed by atoms with Crippen LogP contribution in [0.25, 0.3) is 0 Å². The van der Waals surface area contributed by atoms with Gasteiger partial charge in [-0.25, -0.2) is 0 Å². The van der Waals surface area contributed by atoms with Gasteiger partial charge in [-0.15, -0.1) is 0 Å². The van der Waals surface area contributed by atoms with Gasteiger partial charge in [-0.1, -0.05) is 0 Å². The maximum atomic E-state index is 11.4. The van der Waals surface area contributed by atoms with Crippen molar-refractivity contribution in [1.82, 2.24) is 15.1 Å². The first-order chi connectivity index (χ1) is 8.32. The van der Waals surface area contributed by atoms with Crippen molar-refractivity contribution in [3.63, 3.8) is 0 Å². The maximum Gasteiger partial charge on any atom is 0.312 e. The lowest BCUT2D eigenvalue weighted by Crippen LogP contribution is -2.35. The van der Waals surface area contributed by atoms with Crippen LogP contribution in [-0.4, -0.2) is 33.1 Å². The second-order valence-electron chi connectivity index (χ2n) is 3.68. The minimum absolute atomic E-state index is 0.113. The van der Waals surface area contributed by atoms with Gasteiger partial charge < -0.3 is 11.1 Å². The van der Waals surface area contributed by atoms with E-state index in [0.29, 0.717) is 0 Å². The molecular weight excluding hydrogens is 242 g/mol. The molecule has 1 aromatic heterocycles. The zero-order valence-corrected chi connectivity index (χ0v) is 9.97. The average molecular weight is 255 g/mol. The molecule has 0 fully saturated rings. The number of nitrogens with zero attached hydrogens (tertiary/aromatic N) is 3. The van der Waals surface area contributed by atoms with Gasteiger partial charge in [0.1, 0.15) is 17.9 Å². The second kappa shape index (κ2) is 5.25. The molecule has 0 saturated carbocycles. The molecule has 9 heteroatoms. The minimum Gasteiger partial charge on any atom is -0.368 e. The number of nitro groups is 1. The van der Waals surface area contributed by atoms with Crippen LogP contribution in [0.3, 0.4) is 0 Å². The highest BCUT2D eigenvalue weighted by Gasteiger charge is 2.22. The lowest BCUT2D eigenvalue weighted by Gasteiger charge is -2.04. The van der Waals surface area contributed by atoms with Crippen LogP contribution in [0.15, 0.2) is 0 Å². The number of hydrogen-bond acceptors (Lipinski definition) is 5. The normalized spacial score (nSPS) is 10.1. The van der Waals surface area contributed by atoms with Crippen molar-refractivity contribution in [2.45, 2.75) is 20.4 Å². The van der Waals surface area contributed by atoms with Gasteiger partial charge in [-0.05, 0) is 13.8 Å². The van der Waals surface area contributed by atoms with Gasteiger partial charge in [0.15, 0.2) is 0 Å². The monoisotopic (exact) mass is 255 g/mol. The summed E-state index contributed by atoms with van der Waals surface area (Å²) in [7, 11) is 0. The van der Waals surface area contributed by atoms with Gasteiger partial charge in [0.25, 0.3) is 0 Å². The molecule has 0 aliphatic carbocycles. The topological polar surface area (TPSA) is 133 Å². The number of aromatic nitrogens is 2. The Labute approximate surface area is 102 Å². The molecular formula is C9H13N5O4. The van der Waals surface area contributed by atoms with Crippen molar-refractivity contribution >= 4 is 17.5 Å². The molecule has 0 unspecified atom stereocenters. The highest BCUT2D eigenvalue weighted by molar-refractivity contribution is 5.83. The summed E-state index contributed by atoms with van der Waals surface area (Å²) in [6.07, 6.45) is 0. The SMILES string of the molecule is Cc1nn(CC(=O)NCC(N)=O)c(C)c1[N+](=O)[O-]. The molecule has 0 spiro atoms. The lowest BCUT2D eigenvalue weighted by molar-refractivity contribution is -0.386. The fourth-order valence-corrected chi connectivity index (χ4v) is 1.48. The number of nitrogens with one attached hydrogen (secondary N) is 1. The van der Waals surface area contributed by atoms with E-state index in [0.717, 1.165) is 0 Å². The Hall–Kier alpha value is -2.45. The van der Waals surface area contributed by atoms with Gasteiger partial charge in [0.05, 0.1) is 11.5 Å². The van der Waals surface area contributed by atoms with E-state index in [1.807, 2.05) is 0 Å². The van der Waals surface area contributed by atoms with E-state index >= 15 is 0 Å². The van der Waals surface area contributed by atoms with E-state index in [9.17, 15) is 19.7 Å². The molecule has 2 amide bonds. The first-order valence-electron chi connectivity index (χ1n) is 5.06. The summed E-state index contributed by atoms with van der Waals surface area (Å²) in [5.41, 5.74) is 5.27. The number of hydrogen-bond donors (Lipinski definition) is 2. The Morgan fingerprint density at radius 2 is 2.11 bits per heavy atom. The molecule has 0 aliphatic rings. The van der Waals surface area contributed by atoms with Crippen molar-refractivity contribution in [1.29, 1.82) is 0 Å². The molecule has 0 saturated heterocycles. The third-order valence-corrected chi connectivity index (χ3v) is 2.28. The van der Waals surface area contributed by atoms with Crippen LogP contribution in [0.1, 0.15) is 11.4 Å². The van der Waals surface area contributed by atoms with Crippen LogP contribution >= 0.6 is 0 Å². The van der Waals surface area contributed by atoms with Gasteiger partial charge in [0, 0.05) is 0 Å². The van der Waals surface area contributed by atoms with Crippen LogP contribution in [0.4, 0.5) is 5.69 Å². The quantitative estimate of drug-likeness (QED) is 0.514. The number of primary amides is 1. The molecule has 0 bridgehead atoms. The van der Waals surface area contributed by atoms with E-state index in [4.69, 9.17) is 5.73 Å². The van der Waals surface area contributed by atoms with E-state index in [-0.39, 0.29) is 30.2 Å². The second-order valence-corrected chi connectivity index (χ2v) is 3.68. The molecule has 9 nitrogen and oxygen atoms in total. The highest BCUT2D eigenvalue weighted by Crippen LogP contribution is 2.21. The summed E-state index contributed by atoms with van der Waals surface area (Å²) in [5, 5.41) is 16.9. The molecule has 1 aromatic rings. The average Bonchev–Trinajstić information content (AvgIpc) is 2.51. The van der Waals surface area contributed by atoms with Crippen molar-refractivity contribution in [3.8, 4) is 0 Å². The fourth-order valence-electron chi connectivity index (χ4n) is 1.48. The maximum absolute atomic E-state index is 11.4. The molecule has 1 heterocycles. The van der Waals surface area contributed by atoms with Crippen LogP contribution in [-0.2, 0) is 16.1 Å². The Kier molecular flexibility index (Phi) is 3.97. The lowest BCUT2D eigenvalue weighted by atomic mass is 10.3. The molecule has 0 atom stereocenters. The van der Waals surface area contributed by atoms with Crippen LogP contribution < -0.4 is 11.1 Å². The first-order valence-corrected chi connectivity index (χ1v) is 5.06. The first kappa shape index (κ1) is 13.6. The predicted octanol–water partition coefficient (Wildman–Crippen LogP) is -0.990. The number of aryl methyl sites for hydroxylation is 1. The van der Waals surface area contributed by atoms with Crippen molar-refractivity contribution < 1.29 is 14.5 Å². The van der Waals surface area contributed by atoms with Crippen molar-refractivity contribution in [2.24, 2.45) is 5.73 Å². The molecule has 3 N–H and O–H groups in total. The molecule has 98 valence electrons. The number of nitrogens with two attached hydrogens (primary N) is 1. The Morgan fingerprint density at radius 1 is 1.50 bits per heavy atom. The Balaban J connectivity index is 2.80. The Bertz CT molecular complexity index is 507. The molecule has 1 rings (SSSR count). The largest absolute Gasteiger partial charge is 0.368 e. The summed E-state index contributed by atoms with van der Waals surface area (Å²) in [6.45, 7) is 2.51. The summed E-state index contributed by atoms with van der Waals surface area (Å²) < 4.78 is 1.21. The molecule has 0 aliphatic heterocycles. The number of amides is 2. The van der Waals surface area contributed by atoms with Crippen molar-refractivity contribution in [2.75, 3.05) is 6.54 Å². The summed E-state index contributed by atoms with van der Waals surface area (Å²) in [6, 6.07) is 0. The summed E-state index contributed by atoms with van der Waals surface area (Å²) >= 11 is 0. The van der Waals surface area contributed by atoms with Gasteiger partial charge in [-0.3, -0.25) is 24.4 Å². The number of carbonyl (C=O) groups is 2. The molecule has 0 radical (unpaired) electrons. The van der Waals surface area contributed by atoms with E-state index in [1.165, 1.54) is 18.5 Å². The summed E-state index contributed by atoms with van der Waals surface area (Å²) in [5.74, 6) is -1.16. The van der Waals surface area contributed by atoms with E-state index in [1.54, 1.807) is 0 Å². The van der Waals surface area contributed by atoms with E-state index < -0.39 is 16.7 Å². The van der Waals surface area contributed by atoms with Crippen LogP contribution in [0.5, 0.6) is 0 Å². The third-order valence-electron chi connectivity index (χ3n) is 2.28. The van der Waals surface area contributed by atoms with Crippen molar-refractivity contribution in [3.05, 3.63) is 21.5 Å². The van der Waals surface area contributed by atoms with Gasteiger partial charge in [-0.2, -0.15) is 5.10 Å². The standard InChI is InChI=1S/C9H13N5O4/c1-5-9(14(17)18)6(2)13(12-5)4-8(16)11-3-7(10)15/h3-4H2,1-2H3,(H2,10,15)(H,11,16). The number of rotatable bonds is 5. The van der Waals surface area contributed by atoms with Crippen LogP contribution in [0.2, 0.25) is 0 Å². The predicted molar refractivity (Wildman–Crippen MR) is 60.6 cm³/mol. The molecule has 0 aromatic carbocycles. The van der Waals surface area contributed by atoms with Crippen LogP contribution in [0, 0.1) is 24.0 Å². The third kappa shape index (κ3) is 3.03. The number of carbonyl (C=O) groups excluding carboxylic acids is 2. The highest BCUT2D eigenvalue weighted by atomic mass is 16.6. The zero-order valence-electron chi connectivity index (χ0n) is 9.97. The minimum atomic E-state index is -0.664. The summed E-state index contributed by atoms with van der Waals surface area (Å²) in [4.78, 5) is 32.1. The Morgan fingerprint density at radius 3 is 2.56 bits per heavy atom. The van der Waals surface area contributed by atoms with Gasteiger partial charge in [0.2, 0.25) is 11.8 Å². The zero-order chi connectivity index (χ0) is 13.9.